The number of aliphatic hydroxyl groups excluding tert-OH is 9. The highest BCUT2D eigenvalue weighted by atomic mass is 16.8. The lowest BCUT2D eigenvalue weighted by Gasteiger charge is -2.73. The van der Waals surface area contributed by atoms with Crippen molar-refractivity contribution in [1.29, 1.82) is 0 Å². The number of carbonyl (C=O) groups excluding carboxylic acids is 1. The Kier molecular flexibility index (Phi) is 12.0. The molecule has 370 valence electrons. The number of fused-ring (bicyclic) bond motifs is 7. The van der Waals surface area contributed by atoms with Gasteiger partial charge in [-0.05, 0) is 118 Å². The third kappa shape index (κ3) is 6.74. The molecule has 0 radical (unpaired) electrons. The molecule has 5 saturated heterocycles. The van der Waals surface area contributed by atoms with Crippen molar-refractivity contribution in [3.63, 3.8) is 0 Å². The van der Waals surface area contributed by atoms with Gasteiger partial charge in [-0.3, -0.25) is 4.79 Å². The van der Waals surface area contributed by atoms with Gasteiger partial charge < -0.3 is 84.2 Å². The zero-order chi connectivity index (χ0) is 47.4. The first-order valence-corrected chi connectivity index (χ1v) is 23.9. The van der Waals surface area contributed by atoms with Gasteiger partial charge in [0.15, 0.2) is 18.9 Å². The van der Waals surface area contributed by atoms with Crippen LogP contribution in [-0.2, 0) is 38.0 Å². The standard InChI is InChI=1S/C47H74O18/c1-20-27(51)29(53)31(55)37(60-20)64-34-33(63-38-32(56)30(54)28(52)24(18-48)61-38)23(50)19-59-39(34)62-26-10-11-42(4)25(41(26,2)3)9-12-44(6)36(42)22(49)17-21-35-46(8,58)45(7)14-16-47(35,40(57)65-45)15-13-43(21,44)5/h20,22-34,36-39,48-56,58H,9-19H2,1-8H3/t20-,22+,23+,24+,25+,26+,27+,28+,29+,30+,31-,32+,33+,34+,36+,37-,38-,39+,42-,43+,44+,45-,46-,47-/m1/s1. The molecule has 0 unspecified atom stereocenters. The second-order valence-corrected chi connectivity index (χ2v) is 23.1. The lowest BCUT2D eigenvalue weighted by molar-refractivity contribution is -0.388. The molecular formula is C47H74O18. The summed E-state index contributed by atoms with van der Waals surface area (Å²) in [6, 6.07) is 0. The van der Waals surface area contributed by atoms with Crippen LogP contribution in [0.3, 0.4) is 0 Å². The molecule has 0 aromatic carbocycles. The smallest absolute Gasteiger partial charge is 0.316 e. The topological polar surface area (TPSA) is 284 Å². The summed E-state index contributed by atoms with van der Waals surface area (Å²) >= 11 is 0. The molecule has 18 nitrogen and oxygen atoms in total. The lowest BCUT2D eigenvalue weighted by Crippen LogP contribution is -2.72. The molecule has 0 aromatic heterocycles. The number of hydrogen-bond acceptors (Lipinski definition) is 18. The molecule has 10 rings (SSSR count). The fraction of sp³-hybridized carbons (Fsp3) is 0.936. The van der Waals surface area contributed by atoms with Gasteiger partial charge in [0.1, 0.15) is 72.2 Å². The van der Waals surface area contributed by atoms with Crippen molar-refractivity contribution >= 4 is 5.97 Å². The van der Waals surface area contributed by atoms with Crippen LogP contribution in [0.2, 0.25) is 0 Å². The molecule has 24 atom stereocenters. The van der Waals surface area contributed by atoms with Crippen molar-refractivity contribution in [2.24, 2.45) is 38.9 Å². The van der Waals surface area contributed by atoms with Gasteiger partial charge in [0, 0.05) is 0 Å². The van der Waals surface area contributed by atoms with Crippen molar-refractivity contribution in [2.45, 2.75) is 223 Å². The summed E-state index contributed by atoms with van der Waals surface area (Å²) in [6.45, 7) is 15.2. The van der Waals surface area contributed by atoms with E-state index < -0.39 is 138 Å². The van der Waals surface area contributed by atoms with Gasteiger partial charge in [-0.25, -0.2) is 0 Å². The summed E-state index contributed by atoms with van der Waals surface area (Å²) < 4.78 is 43.0. The summed E-state index contributed by atoms with van der Waals surface area (Å²) in [5, 5.41) is 110. The molecule has 18 heteroatoms. The van der Waals surface area contributed by atoms with Crippen molar-refractivity contribution in [3.05, 3.63) is 11.1 Å². The number of esters is 1. The van der Waals surface area contributed by atoms with E-state index in [1.165, 1.54) is 6.92 Å². The van der Waals surface area contributed by atoms with Crippen LogP contribution in [0.15, 0.2) is 11.1 Å². The number of ether oxygens (including phenoxy) is 7. The monoisotopic (exact) mass is 926 g/mol. The molecule has 4 saturated carbocycles. The predicted octanol–water partition coefficient (Wildman–Crippen LogP) is 0.0534. The highest BCUT2D eigenvalue weighted by Gasteiger charge is 2.75. The number of rotatable bonds is 7. The molecule has 9 fully saturated rings. The Morgan fingerprint density at radius 1 is 0.677 bits per heavy atom. The first-order valence-electron chi connectivity index (χ1n) is 23.9. The van der Waals surface area contributed by atoms with Gasteiger partial charge in [-0.15, -0.1) is 0 Å². The van der Waals surface area contributed by atoms with Gasteiger partial charge in [-0.2, -0.15) is 0 Å². The van der Waals surface area contributed by atoms with Crippen LogP contribution in [0.1, 0.15) is 113 Å². The maximum Gasteiger partial charge on any atom is 0.316 e. The van der Waals surface area contributed by atoms with Gasteiger partial charge in [-0.1, -0.05) is 40.2 Å². The first kappa shape index (κ1) is 48.6. The van der Waals surface area contributed by atoms with Crippen LogP contribution < -0.4 is 0 Å². The largest absolute Gasteiger partial charge is 0.455 e. The van der Waals surface area contributed by atoms with E-state index in [2.05, 4.69) is 34.6 Å². The van der Waals surface area contributed by atoms with Crippen LogP contribution in [0.4, 0.5) is 0 Å². The van der Waals surface area contributed by atoms with Gasteiger partial charge in [0.2, 0.25) is 0 Å². The molecule has 10 N–H and O–H groups in total. The summed E-state index contributed by atoms with van der Waals surface area (Å²) in [5.41, 5.74) is -3.28. The molecule has 2 bridgehead atoms. The maximum atomic E-state index is 13.8. The van der Waals surface area contributed by atoms with E-state index in [0.717, 1.165) is 30.4 Å². The molecule has 5 heterocycles. The van der Waals surface area contributed by atoms with Crippen molar-refractivity contribution in [1.82, 2.24) is 0 Å². The van der Waals surface area contributed by atoms with E-state index in [-0.39, 0.29) is 29.8 Å². The number of aliphatic hydroxyl groups is 10. The third-order valence-electron chi connectivity index (χ3n) is 19.6. The average Bonchev–Trinajstić information content (AvgIpc) is 3.23. The summed E-state index contributed by atoms with van der Waals surface area (Å²) in [7, 11) is 0. The minimum Gasteiger partial charge on any atom is -0.455 e. The Morgan fingerprint density at radius 3 is 1.97 bits per heavy atom. The molecule has 5 aliphatic heterocycles. The maximum absolute atomic E-state index is 13.8. The number of hydrogen-bond donors (Lipinski definition) is 10. The third-order valence-corrected chi connectivity index (χ3v) is 19.6. The van der Waals surface area contributed by atoms with Gasteiger partial charge >= 0.3 is 5.97 Å². The SMILES string of the molecule is C[C@H]1O[C@H](O[C@@H]2[C@H](O[C@H]3CC[C@]4(C)[C@@H](CC[C@@]5(C)[C@H]4[C@@H](O)CC4=C6[C@]7(CC[C@@](C)(OC7=O)[C@]6(C)O)CC[C@@]45C)C3(C)C)OC[C@H](O)[C@@H]2O[C@H]2O[C@@H](CO)[C@H](O)[C@H](O)[C@@H]2O)[C@H](O)[C@@H](O)[C@H]1O. The van der Waals surface area contributed by atoms with E-state index in [4.69, 9.17) is 33.2 Å². The normalized spacial score (nSPS) is 57.4. The fourth-order valence-electron chi connectivity index (χ4n) is 15.5. The van der Waals surface area contributed by atoms with Crippen LogP contribution in [0, 0.1) is 38.9 Å². The highest BCUT2D eigenvalue weighted by molar-refractivity contribution is 5.86. The summed E-state index contributed by atoms with van der Waals surface area (Å²) in [5.74, 6) is -0.385. The van der Waals surface area contributed by atoms with Crippen LogP contribution >= 0.6 is 0 Å². The Balaban J connectivity index is 1.01. The van der Waals surface area contributed by atoms with Crippen molar-refractivity contribution in [2.75, 3.05) is 13.2 Å². The molecule has 10 aliphatic rings. The van der Waals surface area contributed by atoms with E-state index in [9.17, 15) is 55.9 Å². The minimum atomic E-state index is -1.83. The Morgan fingerprint density at radius 2 is 1.31 bits per heavy atom. The second-order valence-electron chi connectivity index (χ2n) is 23.1. The van der Waals surface area contributed by atoms with Crippen LogP contribution in [-0.4, -0.2) is 180 Å². The van der Waals surface area contributed by atoms with E-state index in [1.807, 2.05) is 6.92 Å². The Bertz CT molecular complexity index is 1880. The molecular weight excluding hydrogens is 852 g/mol. The van der Waals surface area contributed by atoms with Gasteiger partial charge in [0.05, 0.1) is 36.9 Å². The van der Waals surface area contributed by atoms with Crippen molar-refractivity contribution in [3.8, 4) is 0 Å². The quantitative estimate of drug-likeness (QED) is 0.0918. The van der Waals surface area contributed by atoms with Gasteiger partial charge in [0.25, 0.3) is 0 Å². The second kappa shape index (κ2) is 16.0. The van der Waals surface area contributed by atoms with Crippen molar-refractivity contribution < 1.29 is 89.0 Å². The predicted molar refractivity (Wildman–Crippen MR) is 224 cm³/mol. The summed E-state index contributed by atoms with van der Waals surface area (Å²) in [6.07, 6.45) is -17.1. The zero-order valence-corrected chi connectivity index (χ0v) is 38.9. The Hall–Kier alpha value is -1.43. The van der Waals surface area contributed by atoms with E-state index in [1.54, 1.807) is 6.92 Å². The molecule has 65 heavy (non-hydrogen) atoms. The lowest BCUT2D eigenvalue weighted by atomic mass is 9.33. The first-order chi connectivity index (χ1) is 30.2. The van der Waals surface area contributed by atoms with E-state index in [0.29, 0.717) is 38.5 Å². The van der Waals surface area contributed by atoms with Crippen LogP contribution in [0.5, 0.6) is 0 Å². The molecule has 0 aromatic rings. The fourth-order valence-corrected chi connectivity index (χ4v) is 15.5. The highest BCUT2D eigenvalue weighted by Crippen LogP contribution is 2.77. The molecule has 5 aliphatic carbocycles. The van der Waals surface area contributed by atoms with Crippen LogP contribution in [0.25, 0.3) is 0 Å². The minimum absolute atomic E-state index is 0.0209. The summed E-state index contributed by atoms with van der Waals surface area (Å²) in [4.78, 5) is 13.8. The average molecular weight is 927 g/mol. The zero-order valence-electron chi connectivity index (χ0n) is 38.9. The number of carbonyl (C=O) groups is 1. The molecule has 0 amide bonds. The molecule has 1 spiro atoms. The Labute approximate surface area is 380 Å². The van der Waals surface area contributed by atoms with E-state index >= 15 is 0 Å².